The van der Waals surface area contributed by atoms with Gasteiger partial charge in [0.15, 0.2) is 0 Å². The second kappa shape index (κ2) is 4.58. The Balaban J connectivity index is 2.10. The van der Waals surface area contributed by atoms with Crippen LogP contribution in [0.4, 0.5) is 0 Å². The normalized spacial score (nSPS) is 24.1. The topological polar surface area (TPSA) is 26.0 Å². The van der Waals surface area contributed by atoms with Gasteiger partial charge in [0.1, 0.15) is 0 Å². The van der Waals surface area contributed by atoms with E-state index >= 15 is 0 Å². The van der Waals surface area contributed by atoms with Crippen LogP contribution in [0.5, 0.6) is 0 Å². The third kappa shape index (κ3) is 2.21. The van der Waals surface area contributed by atoms with Crippen LogP contribution in [0.2, 0.25) is 0 Å². The fourth-order valence-corrected chi connectivity index (χ4v) is 2.94. The molecule has 0 aromatic heterocycles. The fraction of sp³-hybridized carbons (Fsp3) is 0.538. The van der Waals surface area contributed by atoms with E-state index in [9.17, 15) is 0 Å². The molecule has 1 aromatic carbocycles. The van der Waals surface area contributed by atoms with Crippen molar-refractivity contribution in [2.45, 2.75) is 31.2 Å². The molecule has 82 valence electrons. The summed E-state index contributed by atoms with van der Waals surface area (Å²) >= 11 is 1.91. The summed E-state index contributed by atoms with van der Waals surface area (Å²) in [4.78, 5) is 0. The molecule has 2 rings (SSSR count). The first-order chi connectivity index (χ1) is 7.26. The highest BCUT2D eigenvalue weighted by Crippen LogP contribution is 2.37. The van der Waals surface area contributed by atoms with E-state index in [0.717, 1.165) is 19.3 Å². The van der Waals surface area contributed by atoms with Crippen LogP contribution in [-0.2, 0) is 12.0 Å². The fourth-order valence-electron chi connectivity index (χ4n) is 2.51. The lowest BCUT2D eigenvalue weighted by Crippen LogP contribution is -2.34. The van der Waals surface area contributed by atoms with E-state index in [0.29, 0.717) is 0 Å². The number of hydrogen-bond acceptors (Lipinski definition) is 2. The van der Waals surface area contributed by atoms with Gasteiger partial charge in [-0.05, 0) is 48.8 Å². The highest BCUT2D eigenvalue weighted by Gasteiger charge is 2.33. The van der Waals surface area contributed by atoms with Crippen molar-refractivity contribution >= 4 is 11.8 Å². The number of benzene rings is 1. The van der Waals surface area contributed by atoms with Gasteiger partial charge in [-0.2, -0.15) is 11.8 Å². The van der Waals surface area contributed by atoms with Crippen molar-refractivity contribution in [3.63, 3.8) is 0 Å². The van der Waals surface area contributed by atoms with E-state index in [1.54, 1.807) is 0 Å². The first-order valence-corrected chi connectivity index (χ1v) is 7.02. The van der Waals surface area contributed by atoms with Crippen molar-refractivity contribution in [1.29, 1.82) is 0 Å². The molecule has 1 aromatic rings. The van der Waals surface area contributed by atoms with Crippen LogP contribution in [0, 0.1) is 0 Å². The number of hydrogen-bond donors (Lipinski definition) is 1. The molecule has 15 heavy (non-hydrogen) atoms. The van der Waals surface area contributed by atoms with Crippen LogP contribution in [0.1, 0.15) is 30.4 Å². The van der Waals surface area contributed by atoms with Gasteiger partial charge >= 0.3 is 0 Å². The molecule has 0 heterocycles. The molecule has 0 radical (unpaired) electrons. The molecule has 0 aliphatic heterocycles. The van der Waals surface area contributed by atoms with Gasteiger partial charge in [-0.15, -0.1) is 0 Å². The average molecular weight is 221 g/mol. The van der Waals surface area contributed by atoms with Gasteiger partial charge in [-0.25, -0.2) is 0 Å². The van der Waals surface area contributed by atoms with E-state index in [2.05, 4.69) is 30.5 Å². The lowest BCUT2D eigenvalue weighted by molar-refractivity contribution is 0.404. The van der Waals surface area contributed by atoms with E-state index in [-0.39, 0.29) is 5.54 Å². The smallest absolute Gasteiger partial charge is 0.0415 e. The van der Waals surface area contributed by atoms with Crippen LogP contribution < -0.4 is 5.73 Å². The minimum Gasteiger partial charge on any atom is -0.321 e. The third-order valence-corrected chi connectivity index (χ3v) is 4.06. The quantitative estimate of drug-likeness (QED) is 0.791. The molecule has 1 aliphatic rings. The molecule has 0 amide bonds. The second-order valence-electron chi connectivity index (χ2n) is 4.41. The molecule has 2 N–H and O–H groups in total. The molecule has 1 unspecified atom stereocenters. The Labute approximate surface area is 96.4 Å². The number of fused-ring (bicyclic) bond motifs is 1. The molecule has 2 heteroatoms. The highest BCUT2D eigenvalue weighted by atomic mass is 32.2. The molecular weight excluding hydrogens is 202 g/mol. The van der Waals surface area contributed by atoms with Gasteiger partial charge in [-0.3, -0.25) is 0 Å². The molecule has 0 saturated heterocycles. The van der Waals surface area contributed by atoms with Crippen molar-refractivity contribution in [3.05, 3.63) is 35.4 Å². The third-order valence-electron chi connectivity index (χ3n) is 3.37. The summed E-state index contributed by atoms with van der Waals surface area (Å²) in [6.45, 7) is 0. The predicted octanol–water partition coefficient (Wildman–Crippen LogP) is 2.93. The van der Waals surface area contributed by atoms with E-state index in [4.69, 9.17) is 5.73 Å². The maximum Gasteiger partial charge on any atom is 0.0415 e. The molecule has 0 saturated carbocycles. The summed E-state index contributed by atoms with van der Waals surface area (Å²) in [5, 5.41) is 0. The zero-order valence-electron chi connectivity index (χ0n) is 9.33. The number of aryl methyl sites for hydroxylation is 1. The lowest BCUT2D eigenvalue weighted by atomic mass is 9.88. The van der Waals surface area contributed by atoms with E-state index in [1.165, 1.54) is 23.3 Å². The summed E-state index contributed by atoms with van der Waals surface area (Å²) in [7, 11) is 0. The average Bonchev–Trinajstić information content (AvgIpc) is 2.59. The zero-order chi connectivity index (χ0) is 10.7. The summed E-state index contributed by atoms with van der Waals surface area (Å²) in [5.41, 5.74) is 9.32. The van der Waals surface area contributed by atoms with Gasteiger partial charge in [-0.1, -0.05) is 24.3 Å². The molecule has 1 atom stereocenters. The minimum absolute atomic E-state index is 0.0354. The highest BCUT2D eigenvalue weighted by molar-refractivity contribution is 7.98. The largest absolute Gasteiger partial charge is 0.321 e. The molecule has 0 spiro atoms. The molecule has 0 bridgehead atoms. The zero-order valence-corrected chi connectivity index (χ0v) is 10.1. The first-order valence-electron chi connectivity index (χ1n) is 5.62. The number of nitrogens with two attached hydrogens (primary N) is 1. The van der Waals surface area contributed by atoms with Crippen molar-refractivity contribution < 1.29 is 0 Å². The summed E-state index contributed by atoms with van der Waals surface area (Å²) in [6.07, 6.45) is 6.80. The predicted molar refractivity (Wildman–Crippen MR) is 68.2 cm³/mol. The Morgan fingerprint density at radius 2 is 2.20 bits per heavy atom. The van der Waals surface area contributed by atoms with Gasteiger partial charge < -0.3 is 5.73 Å². The number of rotatable bonds is 4. The van der Waals surface area contributed by atoms with Gasteiger partial charge in [0.05, 0.1) is 0 Å². The summed E-state index contributed by atoms with van der Waals surface area (Å²) < 4.78 is 0. The molecule has 1 aliphatic carbocycles. The number of thioether (sulfide) groups is 1. The van der Waals surface area contributed by atoms with E-state index < -0.39 is 0 Å². The first kappa shape index (κ1) is 11.0. The van der Waals surface area contributed by atoms with Crippen LogP contribution >= 0.6 is 11.8 Å². The Morgan fingerprint density at radius 3 is 3.00 bits per heavy atom. The maximum atomic E-state index is 6.50. The van der Waals surface area contributed by atoms with Crippen molar-refractivity contribution in [2.24, 2.45) is 5.73 Å². The van der Waals surface area contributed by atoms with Gasteiger partial charge in [0.25, 0.3) is 0 Å². The minimum atomic E-state index is -0.0354. The summed E-state index contributed by atoms with van der Waals surface area (Å²) in [6, 6.07) is 8.66. The standard InChI is InChI=1S/C13H19NS/c1-15-10-4-8-13(14)9-7-11-5-2-3-6-12(11)13/h2-3,5-6H,4,7-10,14H2,1H3. The Bertz CT molecular complexity index is 337. The van der Waals surface area contributed by atoms with Crippen molar-refractivity contribution in [3.8, 4) is 0 Å². The Hall–Kier alpha value is -0.470. The van der Waals surface area contributed by atoms with Crippen LogP contribution in [0.25, 0.3) is 0 Å². The van der Waals surface area contributed by atoms with Crippen LogP contribution in [-0.4, -0.2) is 12.0 Å². The Kier molecular flexibility index (Phi) is 3.37. The molecule has 1 nitrogen and oxygen atoms in total. The van der Waals surface area contributed by atoms with Crippen LogP contribution in [0.3, 0.4) is 0 Å². The van der Waals surface area contributed by atoms with E-state index in [1.807, 2.05) is 11.8 Å². The molecular formula is C13H19NS. The Morgan fingerprint density at radius 1 is 1.40 bits per heavy atom. The van der Waals surface area contributed by atoms with Crippen molar-refractivity contribution in [1.82, 2.24) is 0 Å². The monoisotopic (exact) mass is 221 g/mol. The maximum absolute atomic E-state index is 6.50. The second-order valence-corrected chi connectivity index (χ2v) is 5.40. The van der Waals surface area contributed by atoms with Crippen molar-refractivity contribution in [2.75, 3.05) is 12.0 Å². The summed E-state index contributed by atoms with van der Waals surface area (Å²) in [5.74, 6) is 1.22. The van der Waals surface area contributed by atoms with Gasteiger partial charge in [0.2, 0.25) is 0 Å². The lowest BCUT2D eigenvalue weighted by Gasteiger charge is -2.25. The SMILES string of the molecule is CSCCCC1(N)CCc2ccccc21. The van der Waals surface area contributed by atoms with Crippen LogP contribution in [0.15, 0.2) is 24.3 Å². The molecule has 0 fully saturated rings. The van der Waals surface area contributed by atoms with Gasteiger partial charge in [0, 0.05) is 5.54 Å².